The second-order valence-corrected chi connectivity index (χ2v) is 6.41. The van der Waals surface area contributed by atoms with E-state index in [1.165, 1.54) is 0 Å². The highest BCUT2D eigenvalue weighted by molar-refractivity contribution is 9.10. The summed E-state index contributed by atoms with van der Waals surface area (Å²) in [4.78, 5) is 19.2. The number of aromatic nitrogens is 2. The van der Waals surface area contributed by atoms with E-state index in [-0.39, 0.29) is 5.97 Å². The Labute approximate surface area is 144 Å². The molecule has 23 heavy (non-hydrogen) atoms. The number of carbonyl (C=O) groups excluding carboxylic acids is 1. The molecule has 0 aromatic carbocycles. The van der Waals surface area contributed by atoms with Crippen molar-refractivity contribution in [3.05, 3.63) is 34.2 Å². The molecular weight excluding hydrogens is 360 g/mol. The summed E-state index contributed by atoms with van der Waals surface area (Å²) in [5.74, 6) is -0.356. The van der Waals surface area contributed by atoms with Gasteiger partial charge in [0.1, 0.15) is 0 Å². The zero-order chi connectivity index (χ0) is 16.2. The molecule has 3 rings (SSSR count). The van der Waals surface area contributed by atoms with Crippen LogP contribution < -0.4 is 5.32 Å². The van der Waals surface area contributed by atoms with E-state index >= 15 is 0 Å². The lowest BCUT2D eigenvalue weighted by Gasteiger charge is -2.19. The van der Waals surface area contributed by atoms with E-state index < -0.39 is 0 Å². The fourth-order valence-corrected chi connectivity index (χ4v) is 3.30. The predicted molar refractivity (Wildman–Crippen MR) is 91.6 cm³/mol. The summed E-state index contributed by atoms with van der Waals surface area (Å²) in [7, 11) is 0. The van der Waals surface area contributed by atoms with Crippen LogP contribution in [-0.4, -0.2) is 53.0 Å². The van der Waals surface area contributed by atoms with E-state index in [1.807, 2.05) is 29.7 Å². The van der Waals surface area contributed by atoms with Crippen molar-refractivity contribution in [2.45, 2.75) is 19.9 Å². The lowest BCUT2D eigenvalue weighted by Crippen LogP contribution is -2.29. The van der Waals surface area contributed by atoms with Gasteiger partial charge in [0.2, 0.25) is 0 Å². The summed E-state index contributed by atoms with van der Waals surface area (Å²) in [5.41, 5.74) is 2.05. The average Bonchev–Trinajstić information content (AvgIpc) is 2.72. The molecule has 124 valence electrons. The van der Waals surface area contributed by atoms with Crippen LogP contribution in [0.25, 0.3) is 5.65 Å². The number of imidazole rings is 1. The molecule has 7 heteroatoms. The Morgan fingerprint density at radius 1 is 1.43 bits per heavy atom. The quantitative estimate of drug-likeness (QED) is 0.822. The number of fused-ring (bicyclic) bond motifs is 1. The first-order chi connectivity index (χ1) is 11.2. The van der Waals surface area contributed by atoms with Gasteiger partial charge in [0, 0.05) is 25.8 Å². The number of nitrogens with one attached hydrogen (secondary N) is 1. The standard InChI is InChI=1S/C16H21BrN4O2/c1-2-23-16(22)14-13(11-20-8-4-6-18-7-10-20)21-9-3-5-12(17)15(21)19-14/h3,5,9,18H,2,4,6-8,10-11H2,1H3. The molecule has 1 aliphatic heterocycles. The molecule has 0 aliphatic carbocycles. The molecular formula is C16H21BrN4O2. The molecule has 2 aromatic rings. The lowest BCUT2D eigenvalue weighted by molar-refractivity contribution is 0.0517. The Bertz CT molecular complexity index is 693. The Balaban J connectivity index is 1.99. The highest BCUT2D eigenvalue weighted by Crippen LogP contribution is 2.22. The number of rotatable bonds is 4. The first-order valence-corrected chi connectivity index (χ1v) is 8.75. The largest absolute Gasteiger partial charge is 0.461 e. The number of nitrogens with zero attached hydrogens (tertiary/aromatic N) is 3. The van der Waals surface area contributed by atoms with Gasteiger partial charge in [-0.3, -0.25) is 4.90 Å². The van der Waals surface area contributed by atoms with Crippen LogP contribution in [0.5, 0.6) is 0 Å². The Morgan fingerprint density at radius 3 is 3.13 bits per heavy atom. The number of halogens is 1. The third-order valence-electron chi connectivity index (χ3n) is 3.98. The van der Waals surface area contributed by atoms with Crippen molar-refractivity contribution >= 4 is 27.5 Å². The number of hydrogen-bond donors (Lipinski definition) is 1. The van der Waals surface area contributed by atoms with Crippen molar-refractivity contribution in [3.63, 3.8) is 0 Å². The average molecular weight is 381 g/mol. The van der Waals surface area contributed by atoms with Crippen LogP contribution in [-0.2, 0) is 11.3 Å². The minimum absolute atomic E-state index is 0.348. The summed E-state index contributed by atoms with van der Waals surface area (Å²) < 4.78 is 8.04. The van der Waals surface area contributed by atoms with Crippen LogP contribution in [0.4, 0.5) is 0 Å². The first-order valence-electron chi connectivity index (χ1n) is 7.96. The molecule has 0 unspecified atom stereocenters. The van der Waals surface area contributed by atoms with Crippen molar-refractivity contribution in [1.29, 1.82) is 0 Å². The van der Waals surface area contributed by atoms with Crippen LogP contribution in [0.1, 0.15) is 29.5 Å². The van der Waals surface area contributed by atoms with Gasteiger partial charge in [0.05, 0.1) is 16.8 Å². The van der Waals surface area contributed by atoms with Gasteiger partial charge in [0.15, 0.2) is 11.3 Å². The van der Waals surface area contributed by atoms with Crippen LogP contribution in [0.3, 0.4) is 0 Å². The molecule has 0 atom stereocenters. The predicted octanol–water partition coefficient (Wildman–Crippen LogP) is 2.07. The van der Waals surface area contributed by atoms with Gasteiger partial charge in [-0.25, -0.2) is 9.78 Å². The second kappa shape index (κ2) is 7.42. The minimum atomic E-state index is -0.356. The Hall–Kier alpha value is -1.44. The van der Waals surface area contributed by atoms with Gasteiger partial charge < -0.3 is 14.5 Å². The first kappa shape index (κ1) is 16.4. The molecule has 0 amide bonds. The van der Waals surface area contributed by atoms with Crippen molar-refractivity contribution < 1.29 is 9.53 Å². The third-order valence-corrected chi connectivity index (χ3v) is 4.60. The van der Waals surface area contributed by atoms with Crippen molar-refractivity contribution in [3.8, 4) is 0 Å². The van der Waals surface area contributed by atoms with Crippen molar-refractivity contribution in [2.24, 2.45) is 0 Å². The Kier molecular flexibility index (Phi) is 5.30. The Morgan fingerprint density at radius 2 is 2.30 bits per heavy atom. The van der Waals surface area contributed by atoms with E-state index in [0.29, 0.717) is 18.8 Å². The summed E-state index contributed by atoms with van der Waals surface area (Å²) in [6, 6.07) is 3.87. The van der Waals surface area contributed by atoms with Crippen LogP contribution >= 0.6 is 15.9 Å². The molecule has 1 N–H and O–H groups in total. The van der Waals surface area contributed by atoms with Crippen LogP contribution in [0, 0.1) is 0 Å². The maximum Gasteiger partial charge on any atom is 0.358 e. The molecule has 6 nitrogen and oxygen atoms in total. The molecule has 0 saturated carbocycles. The fourth-order valence-electron chi connectivity index (χ4n) is 2.87. The van der Waals surface area contributed by atoms with E-state index in [4.69, 9.17) is 4.74 Å². The topological polar surface area (TPSA) is 58.9 Å². The number of carbonyl (C=O) groups is 1. The van der Waals surface area contributed by atoms with Crippen LogP contribution in [0.2, 0.25) is 0 Å². The lowest BCUT2D eigenvalue weighted by atomic mass is 10.2. The maximum atomic E-state index is 12.3. The highest BCUT2D eigenvalue weighted by Gasteiger charge is 2.23. The molecule has 3 heterocycles. The van der Waals surface area contributed by atoms with E-state index in [0.717, 1.165) is 48.4 Å². The molecule has 1 saturated heterocycles. The number of ether oxygens (including phenoxy) is 1. The fraction of sp³-hybridized carbons (Fsp3) is 0.500. The van der Waals surface area contributed by atoms with Gasteiger partial charge >= 0.3 is 5.97 Å². The minimum Gasteiger partial charge on any atom is -0.461 e. The molecule has 0 spiro atoms. The summed E-state index contributed by atoms with van der Waals surface area (Å²) in [6.07, 6.45) is 3.05. The summed E-state index contributed by atoms with van der Waals surface area (Å²) in [6.45, 7) is 6.83. The second-order valence-electron chi connectivity index (χ2n) is 5.56. The van der Waals surface area contributed by atoms with Gasteiger partial charge in [0.25, 0.3) is 0 Å². The van der Waals surface area contributed by atoms with E-state index in [2.05, 4.69) is 31.1 Å². The molecule has 1 aliphatic rings. The SMILES string of the molecule is CCOC(=O)c1nc2c(Br)cccn2c1CN1CCCNCC1. The zero-order valence-electron chi connectivity index (χ0n) is 13.2. The number of pyridine rings is 1. The number of hydrogen-bond acceptors (Lipinski definition) is 5. The molecule has 1 fully saturated rings. The summed E-state index contributed by atoms with van der Waals surface area (Å²) >= 11 is 3.51. The summed E-state index contributed by atoms with van der Waals surface area (Å²) in [5, 5.41) is 3.40. The normalized spacial score (nSPS) is 16.4. The van der Waals surface area contributed by atoms with E-state index in [9.17, 15) is 4.79 Å². The van der Waals surface area contributed by atoms with Gasteiger partial charge in [-0.1, -0.05) is 0 Å². The van der Waals surface area contributed by atoms with E-state index in [1.54, 1.807) is 0 Å². The van der Waals surface area contributed by atoms with Crippen molar-refractivity contribution in [2.75, 3.05) is 32.8 Å². The van der Waals surface area contributed by atoms with Crippen LogP contribution in [0.15, 0.2) is 22.8 Å². The molecule has 0 bridgehead atoms. The maximum absolute atomic E-state index is 12.3. The number of esters is 1. The molecule has 0 radical (unpaired) electrons. The van der Waals surface area contributed by atoms with Crippen molar-refractivity contribution in [1.82, 2.24) is 19.6 Å². The molecule has 2 aromatic heterocycles. The van der Waals surface area contributed by atoms with Gasteiger partial charge in [-0.2, -0.15) is 0 Å². The monoisotopic (exact) mass is 380 g/mol. The zero-order valence-corrected chi connectivity index (χ0v) is 14.8. The third kappa shape index (κ3) is 3.57. The van der Waals surface area contributed by atoms with Gasteiger partial charge in [-0.15, -0.1) is 0 Å². The highest BCUT2D eigenvalue weighted by atomic mass is 79.9. The smallest absolute Gasteiger partial charge is 0.358 e. The van der Waals surface area contributed by atoms with Gasteiger partial charge in [-0.05, 0) is 54.5 Å².